The molecule has 2 aliphatic carbocycles. The fraction of sp³-hybridized carbons (Fsp3) is 0.875. The van der Waals surface area contributed by atoms with Gasteiger partial charge < -0.3 is 14.8 Å². The molecule has 2 fully saturated rings. The van der Waals surface area contributed by atoms with Crippen LogP contribution in [0.2, 0.25) is 0 Å². The lowest BCUT2D eigenvalue weighted by Crippen LogP contribution is -2.47. The van der Waals surface area contributed by atoms with Crippen LogP contribution >= 0.6 is 0 Å². The molecule has 0 aliphatic heterocycles. The van der Waals surface area contributed by atoms with Crippen molar-refractivity contribution in [3.05, 3.63) is 0 Å². The van der Waals surface area contributed by atoms with Crippen molar-refractivity contribution in [2.45, 2.75) is 72.3 Å². The van der Waals surface area contributed by atoms with Crippen LogP contribution in [0.1, 0.15) is 66.7 Å². The lowest BCUT2D eigenvalue weighted by Gasteiger charge is -2.54. The van der Waals surface area contributed by atoms with Gasteiger partial charge in [-0.25, -0.2) is 4.79 Å². The number of rotatable bonds is 2. The summed E-state index contributed by atoms with van der Waals surface area (Å²) >= 11 is 0. The maximum Gasteiger partial charge on any atom is 0.407 e. The molecule has 1 N–H and O–H groups in total. The van der Waals surface area contributed by atoms with Gasteiger partial charge in [0.1, 0.15) is 12.4 Å². The Morgan fingerprint density at radius 1 is 1.25 bits per heavy atom. The third-order valence-corrected chi connectivity index (χ3v) is 3.79. The molecular weight excluding hydrogens is 254 g/mol. The SMILES string of the molecule is C=O.CC.CC(C)(C)OC(=O)NCC1CC2(CCC2)C1. The first-order chi connectivity index (χ1) is 9.39. The number of ether oxygens (including phenoxy) is 1. The van der Waals surface area contributed by atoms with E-state index in [1.807, 2.05) is 41.4 Å². The van der Waals surface area contributed by atoms with E-state index in [1.165, 1.54) is 32.1 Å². The lowest BCUT2D eigenvalue weighted by molar-refractivity contribution is -0.0980. The molecule has 20 heavy (non-hydrogen) atoms. The molecule has 1 amide bonds. The van der Waals surface area contributed by atoms with Gasteiger partial charge in [-0.1, -0.05) is 20.3 Å². The van der Waals surface area contributed by atoms with Gasteiger partial charge in [-0.15, -0.1) is 0 Å². The molecular formula is C16H31NO3. The predicted molar refractivity (Wildman–Crippen MR) is 81.7 cm³/mol. The molecule has 0 heterocycles. The minimum absolute atomic E-state index is 0.276. The van der Waals surface area contributed by atoms with Crippen LogP contribution in [0.4, 0.5) is 4.79 Å². The second-order valence-electron chi connectivity index (χ2n) is 6.51. The summed E-state index contributed by atoms with van der Waals surface area (Å²) in [7, 11) is 0. The third-order valence-electron chi connectivity index (χ3n) is 3.79. The highest BCUT2D eigenvalue weighted by atomic mass is 16.6. The fourth-order valence-corrected chi connectivity index (χ4v) is 2.94. The molecule has 4 nitrogen and oxygen atoms in total. The summed E-state index contributed by atoms with van der Waals surface area (Å²) in [6, 6.07) is 0. The molecule has 0 unspecified atom stereocenters. The Morgan fingerprint density at radius 3 is 2.10 bits per heavy atom. The van der Waals surface area contributed by atoms with Crippen molar-refractivity contribution in [1.29, 1.82) is 0 Å². The van der Waals surface area contributed by atoms with Crippen LogP contribution in [-0.4, -0.2) is 25.0 Å². The van der Waals surface area contributed by atoms with Crippen molar-refractivity contribution in [3.63, 3.8) is 0 Å². The van der Waals surface area contributed by atoms with Crippen LogP contribution in [0, 0.1) is 11.3 Å². The number of alkyl carbamates (subject to hydrolysis) is 1. The molecule has 0 aromatic rings. The standard InChI is InChI=1S/C13H23NO2.C2H6.CH2O/c1-12(2,3)16-11(15)14-9-10-7-13(8-10)5-4-6-13;2*1-2/h10H,4-9H2,1-3H3,(H,14,15);1-2H3;1H2. The van der Waals surface area contributed by atoms with Crippen LogP contribution < -0.4 is 5.32 Å². The third kappa shape index (κ3) is 5.93. The summed E-state index contributed by atoms with van der Waals surface area (Å²) in [5.41, 5.74) is 0.305. The van der Waals surface area contributed by atoms with E-state index >= 15 is 0 Å². The Morgan fingerprint density at radius 2 is 1.75 bits per heavy atom. The average molecular weight is 285 g/mol. The predicted octanol–water partition coefficient (Wildman–Crippen LogP) is 3.93. The largest absolute Gasteiger partial charge is 0.444 e. The highest BCUT2D eigenvalue weighted by Crippen LogP contribution is 2.58. The number of hydrogen-bond donors (Lipinski definition) is 1. The van der Waals surface area contributed by atoms with Crippen molar-refractivity contribution < 1.29 is 14.3 Å². The number of carbonyl (C=O) groups excluding carboxylic acids is 2. The highest BCUT2D eigenvalue weighted by molar-refractivity contribution is 5.67. The van der Waals surface area contributed by atoms with E-state index in [4.69, 9.17) is 9.53 Å². The summed E-state index contributed by atoms with van der Waals surface area (Å²) < 4.78 is 5.20. The molecule has 2 aliphatic rings. The Balaban J connectivity index is 0.000000829. The van der Waals surface area contributed by atoms with E-state index in [0.29, 0.717) is 11.3 Å². The summed E-state index contributed by atoms with van der Waals surface area (Å²) in [6.07, 6.45) is 6.58. The summed E-state index contributed by atoms with van der Waals surface area (Å²) in [6.45, 7) is 12.5. The van der Waals surface area contributed by atoms with E-state index in [2.05, 4.69) is 5.32 Å². The molecule has 0 saturated heterocycles. The summed E-state index contributed by atoms with van der Waals surface area (Å²) in [5.74, 6) is 0.688. The molecule has 2 rings (SSSR count). The zero-order valence-electron chi connectivity index (χ0n) is 13.8. The molecule has 0 aromatic carbocycles. The van der Waals surface area contributed by atoms with E-state index in [9.17, 15) is 4.79 Å². The first-order valence-corrected chi connectivity index (χ1v) is 7.64. The first kappa shape index (κ1) is 18.9. The van der Waals surface area contributed by atoms with Crippen LogP contribution in [0.25, 0.3) is 0 Å². The second-order valence-corrected chi connectivity index (χ2v) is 6.51. The maximum atomic E-state index is 11.4. The Labute approximate surface area is 123 Å². The fourth-order valence-electron chi connectivity index (χ4n) is 2.94. The van der Waals surface area contributed by atoms with Gasteiger partial charge in [0.2, 0.25) is 0 Å². The van der Waals surface area contributed by atoms with E-state index in [1.54, 1.807) is 0 Å². The quantitative estimate of drug-likeness (QED) is 0.836. The van der Waals surface area contributed by atoms with Gasteiger partial charge in [-0.2, -0.15) is 0 Å². The molecule has 1 spiro atoms. The topological polar surface area (TPSA) is 55.4 Å². The van der Waals surface area contributed by atoms with E-state index < -0.39 is 0 Å². The highest BCUT2D eigenvalue weighted by Gasteiger charge is 2.47. The first-order valence-electron chi connectivity index (χ1n) is 7.64. The van der Waals surface area contributed by atoms with Crippen molar-refractivity contribution in [3.8, 4) is 0 Å². The van der Waals surface area contributed by atoms with Gasteiger partial charge >= 0.3 is 6.09 Å². The molecule has 118 valence electrons. The minimum Gasteiger partial charge on any atom is -0.444 e. The molecule has 0 aromatic heterocycles. The zero-order chi connectivity index (χ0) is 15.8. The van der Waals surface area contributed by atoms with Crippen LogP contribution in [-0.2, 0) is 9.53 Å². The van der Waals surface area contributed by atoms with Crippen LogP contribution in [0.5, 0.6) is 0 Å². The Kier molecular flexibility index (Phi) is 7.84. The zero-order valence-corrected chi connectivity index (χ0v) is 13.8. The van der Waals surface area contributed by atoms with Gasteiger partial charge in [0.25, 0.3) is 0 Å². The van der Waals surface area contributed by atoms with Gasteiger partial charge in [-0.3, -0.25) is 0 Å². The Bertz CT molecular complexity index is 285. The smallest absolute Gasteiger partial charge is 0.407 e. The van der Waals surface area contributed by atoms with Crippen LogP contribution in [0.3, 0.4) is 0 Å². The van der Waals surface area contributed by atoms with Crippen molar-refractivity contribution in [2.24, 2.45) is 11.3 Å². The number of nitrogens with one attached hydrogen (secondary N) is 1. The minimum atomic E-state index is -0.390. The van der Waals surface area contributed by atoms with Crippen molar-refractivity contribution in [2.75, 3.05) is 6.54 Å². The van der Waals surface area contributed by atoms with E-state index in [-0.39, 0.29) is 11.7 Å². The van der Waals surface area contributed by atoms with Crippen molar-refractivity contribution >= 4 is 12.9 Å². The normalized spacial score (nSPS) is 19.2. The lowest BCUT2D eigenvalue weighted by atomic mass is 9.52. The second kappa shape index (κ2) is 8.28. The monoisotopic (exact) mass is 285 g/mol. The van der Waals surface area contributed by atoms with Crippen LogP contribution in [0.15, 0.2) is 0 Å². The molecule has 4 heteroatoms. The maximum absolute atomic E-state index is 11.4. The van der Waals surface area contributed by atoms with Gasteiger partial charge in [-0.05, 0) is 57.8 Å². The summed E-state index contributed by atoms with van der Waals surface area (Å²) in [5, 5.41) is 2.87. The average Bonchev–Trinajstić information content (AvgIpc) is 2.28. The number of carbonyl (C=O) groups is 2. The molecule has 0 bridgehead atoms. The summed E-state index contributed by atoms with van der Waals surface area (Å²) in [4.78, 5) is 19.4. The van der Waals surface area contributed by atoms with Crippen molar-refractivity contribution in [1.82, 2.24) is 5.32 Å². The Hall–Kier alpha value is -1.06. The molecule has 0 radical (unpaired) electrons. The number of amides is 1. The number of hydrogen-bond acceptors (Lipinski definition) is 3. The van der Waals surface area contributed by atoms with Gasteiger partial charge in [0.15, 0.2) is 0 Å². The molecule has 0 atom stereocenters. The molecule has 2 saturated carbocycles. The van der Waals surface area contributed by atoms with Gasteiger partial charge in [0.05, 0.1) is 0 Å². The van der Waals surface area contributed by atoms with E-state index in [0.717, 1.165) is 6.54 Å². The van der Waals surface area contributed by atoms with Gasteiger partial charge in [0, 0.05) is 6.54 Å².